The summed E-state index contributed by atoms with van der Waals surface area (Å²) in [7, 11) is 0. The molecule has 0 saturated carbocycles. The Morgan fingerprint density at radius 2 is 2.05 bits per heavy atom. The molecule has 19 heavy (non-hydrogen) atoms. The van der Waals surface area contributed by atoms with Crippen molar-refractivity contribution in [2.24, 2.45) is 0 Å². The molecule has 4 nitrogen and oxygen atoms in total. The molecular weight excluding hydrogens is 310 g/mol. The van der Waals surface area contributed by atoms with E-state index < -0.39 is 0 Å². The van der Waals surface area contributed by atoms with Crippen molar-refractivity contribution in [3.05, 3.63) is 23.8 Å². The molecule has 0 spiro atoms. The maximum atomic E-state index is 11.8. The molecule has 1 atom stereocenters. The fraction of sp³-hybridized carbons (Fsp3) is 0.500. The number of hydrogen-bond donors (Lipinski definition) is 0. The van der Waals surface area contributed by atoms with Crippen molar-refractivity contribution in [1.29, 1.82) is 0 Å². The minimum atomic E-state index is 0.00719. The second kappa shape index (κ2) is 5.41. The molecule has 0 aromatic heterocycles. The summed E-state index contributed by atoms with van der Waals surface area (Å²) >= 11 is 3.39. The molecule has 2 aliphatic rings. The van der Waals surface area contributed by atoms with Gasteiger partial charge in [0.25, 0.3) is 0 Å². The van der Waals surface area contributed by atoms with E-state index in [2.05, 4.69) is 15.9 Å². The quantitative estimate of drug-likeness (QED) is 0.798. The molecule has 0 N–H and O–H groups in total. The van der Waals surface area contributed by atoms with Crippen LogP contribution in [0.5, 0.6) is 11.5 Å². The number of carbonyl (C=O) groups excluding carboxylic acids is 1. The molecule has 1 unspecified atom stereocenters. The van der Waals surface area contributed by atoms with Crippen LogP contribution in [-0.2, 0) is 11.2 Å². The van der Waals surface area contributed by atoms with Gasteiger partial charge in [0.2, 0.25) is 5.91 Å². The molecule has 2 aliphatic heterocycles. The third kappa shape index (κ3) is 2.71. The average molecular weight is 326 g/mol. The smallest absolute Gasteiger partial charge is 0.236 e. The van der Waals surface area contributed by atoms with Crippen molar-refractivity contribution in [3.8, 4) is 11.5 Å². The Kier molecular flexibility index (Phi) is 3.64. The van der Waals surface area contributed by atoms with Crippen molar-refractivity contribution < 1.29 is 14.3 Å². The lowest BCUT2D eigenvalue weighted by molar-refractivity contribution is -0.127. The first-order valence-electron chi connectivity index (χ1n) is 6.55. The van der Waals surface area contributed by atoms with Crippen LogP contribution in [0.4, 0.5) is 0 Å². The van der Waals surface area contributed by atoms with Gasteiger partial charge in [-0.2, -0.15) is 0 Å². The molecule has 5 heteroatoms. The normalized spacial score (nSPS) is 21.8. The first-order valence-corrected chi connectivity index (χ1v) is 7.47. The van der Waals surface area contributed by atoms with Crippen LogP contribution in [0.1, 0.15) is 12.0 Å². The summed E-state index contributed by atoms with van der Waals surface area (Å²) in [6, 6.07) is 6.00. The van der Waals surface area contributed by atoms with Gasteiger partial charge < -0.3 is 14.4 Å². The Morgan fingerprint density at radius 1 is 1.26 bits per heavy atom. The molecule has 1 aromatic rings. The first-order chi connectivity index (χ1) is 9.24. The number of halogens is 1. The Morgan fingerprint density at radius 3 is 2.79 bits per heavy atom. The summed E-state index contributed by atoms with van der Waals surface area (Å²) in [5.41, 5.74) is 1.18. The number of alkyl halides is 1. The molecule has 3 rings (SSSR count). The zero-order valence-electron chi connectivity index (χ0n) is 10.6. The summed E-state index contributed by atoms with van der Waals surface area (Å²) in [4.78, 5) is 13.7. The van der Waals surface area contributed by atoms with Gasteiger partial charge in [-0.1, -0.05) is 22.0 Å². The molecule has 1 saturated heterocycles. The van der Waals surface area contributed by atoms with E-state index in [0.717, 1.165) is 37.4 Å². The topological polar surface area (TPSA) is 38.8 Å². The number of amides is 1. The molecule has 1 amide bonds. The molecule has 1 aromatic carbocycles. The highest BCUT2D eigenvalue weighted by Gasteiger charge is 2.28. The van der Waals surface area contributed by atoms with Crippen LogP contribution in [-0.4, -0.2) is 41.9 Å². The minimum absolute atomic E-state index is 0.00719. The van der Waals surface area contributed by atoms with Crippen molar-refractivity contribution in [2.45, 2.75) is 17.7 Å². The van der Waals surface area contributed by atoms with Crippen LogP contribution in [0.3, 0.4) is 0 Å². The van der Waals surface area contributed by atoms with Crippen molar-refractivity contribution in [2.75, 3.05) is 26.3 Å². The maximum absolute atomic E-state index is 11.8. The van der Waals surface area contributed by atoms with Gasteiger partial charge >= 0.3 is 0 Å². The second-order valence-corrected chi connectivity index (χ2v) is 5.91. The average Bonchev–Trinajstić information content (AvgIpc) is 2.76. The van der Waals surface area contributed by atoms with Crippen LogP contribution in [0.25, 0.3) is 0 Å². The van der Waals surface area contributed by atoms with Crippen LogP contribution in [0, 0.1) is 0 Å². The number of likely N-dealkylation sites (tertiary alicyclic amines) is 1. The zero-order valence-corrected chi connectivity index (χ0v) is 12.2. The number of carbonyl (C=O) groups is 1. The fourth-order valence-corrected chi connectivity index (χ4v) is 2.92. The third-order valence-electron chi connectivity index (χ3n) is 3.51. The van der Waals surface area contributed by atoms with Crippen LogP contribution < -0.4 is 9.47 Å². The van der Waals surface area contributed by atoms with Gasteiger partial charge in [-0.15, -0.1) is 0 Å². The van der Waals surface area contributed by atoms with E-state index in [-0.39, 0.29) is 10.7 Å². The van der Waals surface area contributed by atoms with Gasteiger partial charge in [-0.05, 0) is 30.5 Å². The minimum Gasteiger partial charge on any atom is -0.486 e. The molecule has 2 heterocycles. The van der Waals surface area contributed by atoms with E-state index in [1.54, 1.807) is 0 Å². The summed E-state index contributed by atoms with van der Waals surface area (Å²) in [5, 5.41) is 0. The van der Waals surface area contributed by atoms with Gasteiger partial charge in [0.1, 0.15) is 13.2 Å². The second-order valence-electron chi connectivity index (χ2n) is 4.81. The van der Waals surface area contributed by atoms with Gasteiger partial charge in [-0.3, -0.25) is 4.79 Å². The van der Waals surface area contributed by atoms with Gasteiger partial charge in [0.05, 0.1) is 4.83 Å². The van der Waals surface area contributed by atoms with Crippen LogP contribution >= 0.6 is 15.9 Å². The van der Waals surface area contributed by atoms with Crippen molar-refractivity contribution in [1.82, 2.24) is 4.90 Å². The highest BCUT2D eigenvalue weighted by atomic mass is 79.9. The lowest BCUT2D eigenvalue weighted by Gasteiger charge is -2.20. The monoisotopic (exact) mass is 325 g/mol. The SMILES string of the molecule is O=C1C(Br)CCN1CCc1ccc2c(c1)OCCO2. The lowest BCUT2D eigenvalue weighted by Crippen LogP contribution is -2.29. The number of hydrogen-bond acceptors (Lipinski definition) is 3. The van der Waals surface area contributed by atoms with Gasteiger partial charge in [-0.25, -0.2) is 0 Å². The molecule has 0 bridgehead atoms. The summed E-state index contributed by atoms with van der Waals surface area (Å²) in [6.07, 6.45) is 1.75. The predicted molar refractivity (Wildman–Crippen MR) is 75.0 cm³/mol. The number of benzene rings is 1. The van der Waals surface area contributed by atoms with E-state index in [0.29, 0.717) is 13.2 Å². The summed E-state index contributed by atoms with van der Waals surface area (Å²) in [5.74, 6) is 1.83. The Hall–Kier alpha value is -1.23. The molecular formula is C14H16BrNO3. The zero-order chi connectivity index (χ0) is 13.2. The summed E-state index contributed by atoms with van der Waals surface area (Å²) < 4.78 is 11.1. The molecule has 102 valence electrons. The molecule has 0 aliphatic carbocycles. The van der Waals surface area contributed by atoms with E-state index >= 15 is 0 Å². The first kappa shape index (κ1) is 12.8. The predicted octanol–water partition coefficient (Wildman–Crippen LogP) is 2.00. The fourth-order valence-electron chi connectivity index (χ4n) is 2.43. The largest absolute Gasteiger partial charge is 0.486 e. The van der Waals surface area contributed by atoms with E-state index in [1.807, 2.05) is 23.1 Å². The Bertz CT molecular complexity index is 492. The van der Waals surface area contributed by atoms with Crippen molar-refractivity contribution in [3.63, 3.8) is 0 Å². The highest BCUT2D eigenvalue weighted by molar-refractivity contribution is 9.10. The standard InChI is InChI=1S/C14H16BrNO3/c15-11-4-6-16(14(11)17)5-3-10-1-2-12-13(9-10)19-8-7-18-12/h1-2,9,11H,3-8H2. The Balaban J connectivity index is 1.62. The van der Waals surface area contributed by atoms with E-state index in [4.69, 9.17) is 9.47 Å². The molecule has 0 radical (unpaired) electrons. The van der Waals surface area contributed by atoms with E-state index in [1.165, 1.54) is 5.56 Å². The van der Waals surface area contributed by atoms with E-state index in [9.17, 15) is 4.79 Å². The Labute approximate surface area is 120 Å². The lowest BCUT2D eigenvalue weighted by atomic mass is 10.1. The number of rotatable bonds is 3. The summed E-state index contributed by atoms with van der Waals surface area (Å²) in [6.45, 7) is 2.83. The molecule has 1 fully saturated rings. The van der Waals surface area contributed by atoms with Crippen LogP contribution in [0.2, 0.25) is 0 Å². The van der Waals surface area contributed by atoms with Crippen molar-refractivity contribution >= 4 is 21.8 Å². The van der Waals surface area contributed by atoms with Gasteiger partial charge in [0, 0.05) is 13.1 Å². The van der Waals surface area contributed by atoms with Gasteiger partial charge in [0.15, 0.2) is 11.5 Å². The maximum Gasteiger partial charge on any atom is 0.236 e. The third-order valence-corrected chi connectivity index (χ3v) is 4.36. The van der Waals surface area contributed by atoms with Crippen LogP contribution in [0.15, 0.2) is 18.2 Å². The number of nitrogens with zero attached hydrogens (tertiary/aromatic N) is 1. The highest BCUT2D eigenvalue weighted by Crippen LogP contribution is 2.31. The number of ether oxygens (including phenoxy) is 2. The number of fused-ring (bicyclic) bond motifs is 1.